The Morgan fingerprint density at radius 1 is 0.692 bits per heavy atom. The number of rotatable bonds is 9. The van der Waals surface area contributed by atoms with Crippen LogP contribution in [0.15, 0.2) is 0 Å². The van der Waals surface area contributed by atoms with Crippen LogP contribution in [0.1, 0.15) is 88.0 Å². The Kier molecular flexibility index (Phi) is 8.80. The van der Waals surface area contributed by atoms with E-state index in [-0.39, 0.29) is 12.8 Å². The zero-order valence-electron chi connectivity index (χ0n) is 17.9. The third-order valence-electron chi connectivity index (χ3n) is 4.05. The smallest absolute Gasteiger partial charge is 0.310 e. The Balaban J connectivity index is 5.18. The van der Waals surface area contributed by atoms with Crippen LogP contribution in [0.2, 0.25) is 0 Å². The molecule has 0 aromatic carbocycles. The first kappa shape index (κ1) is 24.4. The Morgan fingerprint density at radius 3 is 1.46 bits per heavy atom. The van der Waals surface area contributed by atoms with Crippen LogP contribution in [-0.4, -0.2) is 34.7 Å². The van der Waals surface area contributed by atoms with E-state index in [0.717, 1.165) is 0 Å². The minimum atomic E-state index is -0.934. The van der Waals surface area contributed by atoms with Gasteiger partial charge >= 0.3 is 17.9 Å². The molecule has 6 nitrogen and oxygen atoms in total. The lowest BCUT2D eigenvalue weighted by Crippen LogP contribution is -2.35. The summed E-state index contributed by atoms with van der Waals surface area (Å²) in [5.41, 5.74) is -1.96. The number of hydrogen-bond donors (Lipinski definition) is 0. The number of ether oxygens (including phenoxy) is 3. The molecular weight excluding hydrogens is 336 g/mol. The van der Waals surface area contributed by atoms with Gasteiger partial charge in [0, 0.05) is 0 Å². The van der Waals surface area contributed by atoms with Crippen LogP contribution in [0.5, 0.6) is 0 Å². The summed E-state index contributed by atoms with van der Waals surface area (Å²) >= 11 is 0. The van der Waals surface area contributed by atoms with Gasteiger partial charge in [0.05, 0.1) is 18.8 Å². The Morgan fingerprint density at radius 2 is 1.08 bits per heavy atom. The van der Waals surface area contributed by atoms with Gasteiger partial charge in [0.1, 0.15) is 16.8 Å². The molecule has 0 amide bonds. The molecule has 0 heterocycles. The fraction of sp³-hybridized carbons (Fsp3) is 0.850. The van der Waals surface area contributed by atoms with Crippen molar-refractivity contribution in [3.8, 4) is 0 Å². The van der Waals surface area contributed by atoms with Crippen LogP contribution in [0, 0.1) is 5.92 Å². The average molecular weight is 373 g/mol. The minimum Gasteiger partial charge on any atom is -0.460 e. The van der Waals surface area contributed by atoms with Crippen molar-refractivity contribution >= 4 is 17.9 Å². The molecule has 0 saturated carbocycles. The number of esters is 3. The first-order valence-electron chi connectivity index (χ1n) is 9.27. The molecule has 0 bridgehead atoms. The molecule has 0 rings (SSSR count). The highest BCUT2D eigenvalue weighted by Crippen LogP contribution is 2.23. The third-order valence-corrected chi connectivity index (χ3v) is 4.05. The Labute approximate surface area is 157 Å². The van der Waals surface area contributed by atoms with E-state index in [9.17, 15) is 14.4 Å². The molecule has 0 fully saturated rings. The van der Waals surface area contributed by atoms with E-state index in [1.807, 2.05) is 13.8 Å². The van der Waals surface area contributed by atoms with Crippen molar-refractivity contribution in [1.29, 1.82) is 0 Å². The second kappa shape index (κ2) is 9.38. The third kappa shape index (κ3) is 10.4. The van der Waals surface area contributed by atoms with Gasteiger partial charge in [-0.1, -0.05) is 13.8 Å². The molecule has 152 valence electrons. The normalized spacial score (nSPS) is 13.7. The molecule has 0 radical (unpaired) electrons. The Bertz CT molecular complexity index is 499. The second-order valence-electron chi connectivity index (χ2n) is 8.81. The van der Waals surface area contributed by atoms with Crippen molar-refractivity contribution in [2.75, 3.05) is 0 Å². The molecule has 0 saturated heterocycles. The summed E-state index contributed by atoms with van der Waals surface area (Å²) in [4.78, 5) is 37.0. The van der Waals surface area contributed by atoms with Gasteiger partial charge in [-0.2, -0.15) is 0 Å². The monoisotopic (exact) mass is 372 g/mol. The second-order valence-corrected chi connectivity index (χ2v) is 8.81. The molecule has 0 aliphatic carbocycles. The molecule has 1 atom stereocenters. The lowest BCUT2D eigenvalue weighted by atomic mass is 9.99. The average Bonchev–Trinajstić information content (AvgIpc) is 2.43. The van der Waals surface area contributed by atoms with Gasteiger partial charge in [0.25, 0.3) is 0 Å². The predicted molar refractivity (Wildman–Crippen MR) is 99.5 cm³/mol. The van der Waals surface area contributed by atoms with E-state index >= 15 is 0 Å². The van der Waals surface area contributed by atoms with Gasteiger partial charge in [-0.05, 0) is 61.3 Å². The predicted octanol–water partition coefficient (Wildman–Crippen LogP) is 4.19. The van der Waals surface area contributed by atoms with Crippen molar-refractivity contribution in [3.05, 3.63) is 0 Å². The summed E-state index contributed by atoms with van der Waals surface area (Å²) < 4.78 is 16.2. The maximum absolute atomic E-state index is 12.6. The summed E-state index contributed by atoms with van der Waals surface area (Å²) in [5, 5.41) is 0. The highest BCUT2D eigenvalue weighted by molar-refractivity contribution is 5.84. The van der Waals surface area contributed by atoms with Gasteiger partial charge in [0.2, 0.25) is 0 Å². The topological polar surface area (TPSA) is 78.9 Å². The van der Waals surface area contributed by atoms with Crippen molar-refractivity contribution < 1.29 is 28.6 Å². The highest BCUT2D eigenvalue weighted by Gasteiger charge is 2.33. The molecular formula is C20H36O6. The fourth-order valence-corrected chi connectivity index (χ4v) is 1.87. The van der Waals surface area contributed by atoms with E-state index in [4.69, 9.17) is 14.2 Å². The molecule has 0 aliphatic heterocycles. The van der Waals surface area contributed by atoms with E-state index < -0.39 is 40.6 Å². The molecule has 26 heavy (non-hydrogen) atoms. The van der Waals surface area contributed by atoms with Crippen LogP contribution in [-0.2, 0) is 28.6 Å². The first-order valence-corrected chi connectivity index (χ1v) is 9.27. The highest BCUT2D eigenvalue weighted by atomic mass is 16.6. The van der Waals surface area contributed by atoms with Gasteiger partial charge in [-0.25, -0.2) is 0 Å². The Hall–Kier alpha value is -1.59. The van der Waals surface area contributed by atoms with Crippen molar-refractivity contribution in [2.24, 2.45) is 5.92 Å². The molecule has 1 unspecified atom stereocenters. The quantitative estimate of drug-likeness (QED) is 0.446. The lowest BCUT2D eigenvalue weighted by molar-refractivity contribution is -0.173. The summed E-state index contributed by atoms with van der Waals surface area (Å²) in [7, 11) is 0. The summed E-state index contributed by atoms with van der Waals surface area (Å²) in [6.45, 7) is 16.2. The molecule has 0 N–H and O–H groups in total. The SMILES string of the molecule is CCC(C)(C)OC(=O)CC(CC(=O)OC(C)(C)C)C(=O)OC(C)(C)CC. The largest absolute Gasteiger partial charge is 0.460 e. The minimum absolute atomic E-state index is 0.221. The fourth-order valence-electron chi connectivity index (χ4n) is 1.87. The van der Waals surface area contributed by atoms with E-state index in [1.165, 1.54) is 0 Å². The molecule has 0 spiro atoms. The van der Waals surface area contributed by atoms with Crippen LogP contribution in [0.4, 0.5) is 0 Å². The van der Waals surface area contributed by atoms with Crippen molar-refractivity contribution in [1.82, 2.24) is 0 Å². The zero-order valence-corrected chi connectivity index (χ0v) is 17.9. The zero-order chi connectivity index (χ0) is 20.8. The van der Waals surface area contributed by atoms with Crippen LogP contribution in [0.3, 0.4) is 0 Å². The van der Waals surface area contributed by atoms with Gasteiger partial charge in [-0.15, -0.1) is 0 Å². The number of carbonyl (C=O) groups is 3. The maximum atomic E-state index is 12.6. The lowest BCUT2D eigenvalue weighted by Gasteiger charge is -2.28. The van der Waals surface area contributed by atoms with Crippen molar-refractivity contribution in [3.63, 3.8) is 0 Å². The van der Waals surface area contributed by atoms with Gasteiger partial charge < -0.3 is 14.2 Å². The van der Waals surface area contributed by atoms with Crippen LogP contribution in [0.25, 0.3) is 0 Å². The van der Waals surface area contributed by atoms with Gasteiger partial charge in [0.15, 0.2) is 0 Å². The standard InChI is InChI=1S/C20H36O6/c1-10-19(6,7)25-16(22)13-14(12-15(21)24-18(3,4)5)17(23)26-20(8,9)11-2/h14H,10-13H2,1-9H3. The number of hydrogen-bond acceptors (Lipinski definition) is 6. The first-order chi connectivity index (χ1) is 11.6. The van der Waals surface area contributed by atoms with E-state index in [2.05, 4.69) is 0 Å². The van der Waals surface area contributed by atoms with Crippen LogP contribution < -0.4 is 0 Å². The molecule has 0 aromatic heterocycles. The van der Waals surface area contributed by atoms with Gasteiger partial charge in [-0.3, -0.25) is 14.4 Å². The summed E-state index contributed by atoms with van der Waals surface area (Å²) in [6, 6.07) is 0. The summed E-state index contributed by atoms with van der Waals surface area (Å²) in [5.74, 6) is -2.60. The van der Waals surface area contributed by atoms with Crippen molar-refractivity contribution in [2.45, 2.75) is 105 Å². The molecule has 0 aromatic rings. The van der Waals surface area contributed by atoms with E-state index in [1.54, 1.807) is 48.5 Å². The summed E-state index contributed by atoms with van der Waals surface area (Å²) in [6.07, 6.45) is 0.812. The van der Waals surface area contributed by atoms with E-state index in [0.29, 0.717) is 12.8 Å². The maximum Gasteiger partial charge on any atom is 0.310 e. The number of carbonyl (C=O) groups excluding carboxylic acids is 3. The molecule has 6 heteroatoms. The van der Waals surface area contributed by atoms with Crippen LogP contribution >= 0.6 is 0 Å². The molecule has 0 aliphatic rings.